The second-order valence-corrected chi connectivity index (χ2v) is 6.66. The number of nitrogens with zero attached hydrogens (tertiary/aromatic N) is 1. The van der Waals surface area contributed by atoms with Crippen molar-refractivity contribution in [1.29, 1.82) is 0 Å². The van der Waals surface area contributed by atoms with E-state index in [1.165, 1.54) is 16.0 Å². The Hall–Kier alpha value is -1.29. The summed E-state index contributed by atoms with van der Waals surface area (Å²) in [6.07, 6.45) is 1.09. The number of hydrogen-bond acceptors (Lipinski definition) is 3. The molecular formula is C18H22N2S. The van der Waals surface area contributed by atoms with Crippen molar-refractivity contribution in [1.82, 2.24) is 4.90 Å². The third-order valence-corrected chi connectivity index (χ3v) is 5.12. The van der Waals surface area contributed by atoms with Gasteiger partial charge in [0.1, 0.15) is 0 Å². The van der Waals surface area contributed by atoms with E-state index in [-0.39, 0.29) is 0 Å². The molecule has 2 nitrogen and oxygen atoms in total. The number of benzene rings is 2. The molecule has 1 aliphatic rings. The molecule has 1 atom stereocenters. The highest BCUT2D eigenvalue weighted by atomic mass is 32.2. The van der Waals surface area contributed by atoms with Gasteiger partial charge in [-0.25, -0.2) is 0 Å². The number of nitrogens with two attached hydrogens (primary N) is 1. The molecule has 2 aromatic rings. The Bertz CT molecular complexity index is 570. The fourth-order valence-corrected chi connectivity index (χ4v) is 3.84. The summed E-state index contributed by atoms with van der Waals surface area (Å²) >= 11 is 1.93. The van der Waals surface area contributed by atoms with Gasteiger partial charge in [0.15, 0.2) is 0 Å². The molecule has 1 heterocycles. The van der Waals surface area contributed by atoms with Crippen molar-refractivity contribution in [3.05, 3.63) is 65.7 Å². The maximum atomic E-state index is 5.99. The Morgan fingerprint density at radius 1 is 1.00 bits per heavy atom. The van der Waals surface area contributed by atoms with Crippen molar-refractivity contribution < 1.29 is 0 Å². The zero-order valence-corrected chi connectivity index (χ0v) is 13.1. The average Bonchev–Trinajstić information content (AvgIpc) is 2.55. The quantitative estimate of drug-likeness (QED) is 0.860. The molecule has 3 rings (SSSR count). The van der Waals surface area contributed by atoms with Crippen molar-refractivity contribution >= 4 is 11.8 Å². The van der Waals surface area contributed by atoms with E-state index < -0.39 is 0 Å². The van der Waals surface area contributed by atoms with E-state index in [2.05, 4.69) is 59.5 Å². The molecule has 0 amide bonds. The number of hydrogen-bond donors (Lipinski definition) is 1. The second-order valence-electron chi connectivity index (χ2n) is 5.49. The first-order chi connectivity index (χ1) is 10.4. The van der Waals surface area contributed by atoms with Gasteiger partial charge < -0.3 is 5.73 Å². The van der Waals surface area contributed by atoms with Crippen LogP contribution >= 0.6 is 11.8 Å². The van der Waals surface area contributed by atoms with Crippen LogP contribution in [0.25, 0.3) is 0 Å². The minimum absolute atomic E-state index is 0.483. The normalized spacial score (nSPS) is 18.4. The van der Waals surface area contributed by atoms with Crippen molar-refractivity contribution in [2.24, 2.45) is 5.73 Å². The molecule has 0 saturated carbocycles. The van der Waals surface area contributed by atoms with E-state index in [4.69, 9.17) is 5.73 Å². The van der Waals surface area contributed by atoms with Gasteiger partial charge in [-0.2, -0.15) is 0 Å². The van der Waals surface area contributed by atoms with Crippen LogP contribution in [0.3, 0.4) is 0 Å². The second kappa shape index (κ2) is 7.12. The lowest BCUT2D eigenvalue weighted by Gasteiger charge is -2.36. The molecule has 0 radical (unpaired) electrons. The van der Waals surface area contributed by atoms with E-state index in [0.29, 0.717) is 6.04 Å². The molecule has 0 spiro atoms. The lowest BCUT2D eigenvalue weighted by molar-refractivity contribution is 0.187. The molecular weight excluding hydrogens is 276 g/mol. The molecule has 0 saturated heterocycles. The fraction of sp³-hybridized carbons (Fsp3) is 0.333. The largest absolute Gasteiger partial charge is 0.329 e. The minimum Gasteiger partial charge on any atom is -0.329 e. The predicted molar refractivity (Wildman–Crippen MR) is 90.6 cm³/mol. The van der Waals surface area contributed by atoms with Crippen LogP contribution in [0, 0.1) is 0 Å². The molecule has 0 bridgehead atoms. The average molecular weight is 298 g/mol. The minimum atomic E-state index is 0.483. The molecule has 1 unspecified atom stereocenters. The molecule has 3 heteroatoms. The van der Waals surface area contributed by atoms with Gasteiger partial charge in [-0.1, -0.05) is 42.5 Å². The zero-order valence-electron chi connectivity index (χ0n) is 12.2. The van der Waals surface area contributed by atoms with E-state index >= 15 is 0 Å². The third-order valence-electron chi connectivity index (χ3n) is 4.13. The molecule has 2 N–H and O–H groups in total. The highest BCUT2D eigenvalue weighted by molar-refractivity contribution is 7.99. The Labute approximate surface area is 131 Å². The van der Waals surface area contributed by atoms with Crippen molar-refractivity contribution in [3.63, 3.8) is 0 Å². The van der Waals surface area contributed by atoms with Gasteiger partial charge in [0.2, 0.25) is 0 Å². The summed E-state index contributed by atoms with van der Waals surface area (Å²) in [5, 5.41) is 0. The highest BCUT2D eigenvalue weighted by Crippen LogP contribution is 2.24. The van der Waals surface area contributed by atoms with Crippen LogP contribution in [0.5, 0.6) is 0 Å². The molecule has 0 fully saturated rings. The SMILES string of the molecule is NCC1Cc2ccccc2CN1CCSc1ccccc1. The topological polar surface area (TPSA) is 29.3 Å². The summed E-state index contributed by atoms with van der Waals surface area (Å²) in [6, 6.07) is 19.9. The Morgan fingerprint density at radius 3 is 2.48 bits per heavy atom. The van der Waals surface area contributed by atoms with Crippen molar-refractivity contribution in [2.75, 3.05) is 18.8 Å². The van der Waals surface area contributed by atoms with Gasteiger partial charge in [0.05, 0.1) is 0 Å². The summed E-state index contributed by atoms with van der Waals surface area (Å²) in [7, 11) is 0. The molecule has 0 aliphatic carbocycles. The van der Waals surface area contributed by atoms with Crippen LogP contribution in [0.15, 0.2) is 59.5 Å². The predicted octanol–water partition coefficient (Wildman–Crippen LogP) is 3.16. The van der Waals surface area contributed by atoms with Crippen molar-refractivity contribution in [2.45, 2.75) is 23.9 Å². The smallest absolute Gasteiger partial charge is 0.0262 e. The first kappa shape index (κ1) is 14.6. The van der Waals surface area contributed by atoms with Crippen LogP contribution in [-0.4, -0.2) is 29.8 Å². The maximum absolute atomic E-state index is 5.99. The van der Waals surface area contributed by atoms with Gasteiger partial charge in [0.25, 0.3) is 0 Å². The molecule has 0 aromatic heterocycles. The summed E-state index contributed by atoms with van der Waals surface area (Å²) in [6.45, 7) is 2.87. The Balaban J connectivity index is 1.59. The van der Waals surface area contributed by atoms with Gasteiger partial charge in [0, 0.05) is 36.3 Å². The van der Waals surface area contributed by atoms with Gasteiger partial charge in [-0.15, -0.1) is 11.8 Å². The van der Waals surface area contributed by atoms with E-state index in [9.17, 15) is 0 Å². The van der Waals surface area contributed by atoms with E-state index in [1.807, 2.05) is 11.8 Å². The number of rotatable bonds is 5. The highest BCUT2D eigenvalue weighted by Gasteiger charge is 2.24. The summed E-state index contributed by atoms with van der Waals surface area (Å²) in [5.74, 6) is 1.11. The Kier molecular flexibility index (Phi) is 4.96. The summed E-state index contributed by atoms with van der Waals surface area (Å²) < 4.78 is 0. The van der Waals surface area contributed by atoms with E-state index in [1.54, 1.807) is 0 Å². The number of thioether (sulfide) groups is 1. The monoisotopic (exact) mass is 298 g/mol. The number of fused-ring (bicyclic) bond motifs is 1. The molecule has 1 aliphatic heterocycles. The standard InChI is InChI=1S/C18H22N2S/c19-13-17-12-15-6-4-5-7-16(15)14-20(17)10-11-21-18-8-2-1-3-9-18/h1-9,17H,10-14,19H2. The lowest BCUT2D eigenvalue weighted by atomic mass is 9.94. The van der Waals surface area contributed by atoms with Crippen LogP contribution in [0.4, 0.5) is 0 Å². The first-order valence-electron chi connectivity index (χ1n) is 7.55. The maximum Gasteiger partial charge on any atom is 0.0262 e. The van der Waals surface area contributed by atoms with Crippen LogP contribution < -0.4 is 5.73 Å². The van der Waals surface area contributed by atoms with Gasteiger partial charge >= 0.3 is 0 Å². The van der Waals surface area contributed by atoms with Gasteiger partial charge in [-0.05, 0) is 29.7 Å². The van der Waals surface area contributed by atoms with E-state index in [0.717, 1.165) is 31.8 Å². The van der Waals surface area contributed by atoms with Crippen LogP contribution in [-0.2, 0) is 13.0 Å². The van der Waals surface area contributed by atoms with Gasteiger partial charge in [-0.3, -0.25) is 4.90 Å². The molecule has 110 valence electrons. The van der Waals surface area contributed by atoms with Crippen LogP contribution in [0.2, 0.25) is 0 Å². The third kappa shape index (κ3) is 3.67. The fourth-order valence-electron chi connectivity index (χ4n) is 2.93. The summed E-state index contributed by atoms with van der Waals surface area (Å²) in [5.41, 5.74) is 8.92. The molecule has 2 aromatic carbocycles. The van der Waals surface area contributed by atoms with Crippen molar-refractivity contribution in [3.8, 4) is 0 Å². The molecule has 21 heavy (non-hydrogen) atoms. The first-order valence-corrected chi connectivity index (χ1v) is 8.54. The Morgan fingerprint density at radius 2 is 1.71 bits per heavy atom. The zero-order chi connectivity index (χ0) is 14.5. The summed E-state index contributed by atoms with van der Waals surface area (Å²) in [4.78, 5) is 3.89. The van der Waals surface area contributed by atoms with Crippen LogP contribution in [0.1, 0.15) is 11.1 Å². The lowest BCUT2D eigenvalue weighted by Crippen LogP contribution is -2.45.